The van der Waals surface area contributed by atoms with Crippen molar-refractivity contribution in [3.8, 4) is 0 Å². The first-order valence-electron chi connectivity index (χ1n) is 7.60. The fraction of sp³-hybridized carbons (Fsp3) is 0.0588. The smallest absolute Gasteiger partial charge is 0.276 e. The van der Waals surface area contributed by atoms with E-state index in [2.05, 4.69) is 10.3 Å². The number of aliphatic imine (C=N–C) groups is 1. The largest absolute Gasteiger partial charge is 0.335 e. The molecule has 0 aromatic heterocycles. The lowest BCUT2D eigenvalue weighted by Crippen LogP contribution is -2.58. The van der Waals surface area contributed by atoms with E-state index in [1.807, 2.05) is 0 Å². The van der Waals surface area contributed by atoms with Gasteiger partial charge in [-0.05, 0) is 30.3 Å². The molecule has 0 saturated carbocycles. The van der Waals surface area contributed by atoms with Gasteiger partial charge in [-0.15, -0.1) is 0 Å². The minimum atomic E-state index is -1.36. The number of nitrogens with one attached hydrogen (secondary N) is 1. The summed E-state index contributed by atoms with van der Waals surface area (Å²) in [5, 5.41) is 13.3. The van der Waals surface area contributed by atoms with Crippen LogP contribution in [0.5, 0.6) is 0 Å². The summed E-state index contributed by atoms with van der Waals surface area (Å²) in [6, 6.07) is 10.4. The molecule has 1 heterocycles. The maximum Gasteiger partial charge on any atom is 0.335 e. The van der Waals surface area contributed by atoms with Gasteiger partial charge in [0.2, 0.25) is 5.91 Å². The highest BCUT2D eigenvalue weighted by Gasteiger charge is 2.40. The topological polar surface area (TPSA) is 122 Å². The monoisotopic (exact) mass is 386 g/mol. The van der Waals surface area contributed by atoms with Crippen LogP contribution in [0, 0.1) is 16.0 Å². The van der Waals surface area contributed by atoms with E-state index >= 15 is 0 Å². The number of imide groups is 2. The zero-order valence-electron chi connectivity index (χ0n) is 13.5. The van der Waals surface area contributed by atoms with Crippen molar-refractivity contribution in [1.82, 2.24) is 5.32 Å². The highest BCUT2D eigenvalue weighted by atomic mass is 35.5. The van der Waals surface area contributed by atoms with Crippen LogP contribution in [-0.2, 0) is 9.59 Å². The van der Waals surface area contributed by atoms with Crippen molar-refractivity contribution in [1.29, 1.82) is 0 Å². The highest BCUT2D eigenvalue weighted by Crippen LogP contribution is 2.23. The Morgan fingerprint density at radius 3 is 2.52 bits per heavy atom. The average molecular weight is 387 g/mol. The normalized spacial score (nSPS) is 17.3. The summed E-state index contributed by atoms with van der Waals surface area (Å²) >= 11 is 5.80. The van der Waals surface area contributed by atoms with Crippen molar-refractivity contribution >= 4 is 52.7 Å². The summed E-state index contributed by atoms with van der Waals surface area (Å²) < 4.78 is 0. The molecule has 0 bridgehead atoms. The van der Waals surface area contributed by atoms with Gasteiger partial charge in [0.15, 0.2) is 5.92 Å². The number of urea groups is 1. The predicted molar refractivity (Wildman–Crippen MR) is 97.2 cm³/mol. The average Bonchev–Trinajstić information content (AvgIpc) is 2.63. The molecule has 0 spiro atoms. The van der Waals surface area contributed by atoms with Crippen LogP contribution in [0.2, 0.25) is 5.02 Å². The number of anilines is 1. The van der Waals surface area contributed by atoms with Gasteiger partial charge in [-0.2, -0.15) is 0 Å². The molecule has 3 rings (SSSR count). The number of nitro groups is 1. The van der Waals surface area contributed by atoms with Crippen molar-refractivity contribution in [3.05, 3.63) is 63.7 Å². The van der Waals surface area contributed by atoms with Gasteiger partial charge < -0.3 is 0 Å². The second-order valence-electron chi connectivity index (χ2n) is 5.48. The second-order valence-corrected chi connectivity index (χ2v) is 5.91. The molecule has 1 aliphatic heterocycles. The van der Waals surface area contributed by atoms with Crippen LogP contribution in [-0.4, -0.2) is 29.0 Å². The highest BCUT2D eigenvalue weighted by molar-refractivity contribution is 6.33. The Bertz CT molecular complexity index is 974. The van der Waals surface area contributed by atoms with Gasteiger partial charge in [0.05, 0.1) is 16.3 Å². The quantitative estimate of drug-likeness (QED) is 0.374. The number of nitro benzene ring substituents is 1. The molecule has 2 aromatic rings. The first-order chi connectivity index (χ1) is 12.9. The van der Waals surface area contributed by atoms with Gasteiger partial charge in [0.25, 0.3) is 11.6 Å². The van der Waals surface area contributed by atoms with Crippen LogP contribution >= 0.6 is 11.6 Å². The summed E-state index contributed by atoms with van der Waals surface area (Å²) in [5.74, 6) is -2.98. The molecule has 0 unspecified atom stereocenters. The van der Waals surface area contributed by atoms with Crippen molar-refractivity contribution < 1.29 is 19.3 Å². The second kappa shape index (κ2) is 7.34. The fourth-order valence-electron chi connectivity index (χ4n) is 2.40. The number of amides is 4. The maximum absolute atomic E-state index is 12.6. The Morgan fingerprint density at radius 2 is 1.85 bits per heavy atom. The molecule has 0 radical (unpaired) electrons. The van der Waals surface area contributed by atoms with Gasteiger partial charge in [0, 0.05) is 23.4 Å². The van der Waals surface area contributed by atoms with E-state index in [-0.39, 0.29) is 17.1 Å². The SMILES string of the molecule is O=C1NC(=O)N(c2ccc(Cl)cc2)C(=O)[C@H]1C=Nc1cccc([N+](=O)[O-])c1. The number of carbonyl (C=O) groups is 3. The summed E-state index contributed by atoms with van der Waals surface area (Å²) in [6.07, 6.45) is 1.05. The van der Waals surface area contributed by atoms with E-state index in [4.69, 9.17) is 11.6 Å². The zero-order valence-corrected chi connectivity index (χ0v) is 14.3. The third-order valence-corrected chi connectivity index (χ3v) is 3.95. The van der Waals surface area contributed by atoms with Crippen LogP contribution < -0.4 is 10.2 Å². The van der Waals surface area contributed by atoms with Crippen LogP contribution in [0.15, 0.2) is 53.5 Å². The molecule has 136 valence electrons. The number of carbonyl (C=O) groups excluding carboxylic acids is 3. The third-order valence-electron chi connectivity index (χ3n) is 3.70. The third kappa shape index (κ3) is 3.82. The molecule has 1 aliphatic rings. The number of rotatable bonds is 4. The van der Waals surface area contributed by atoms with Crippen LogP contribution in [0.4, 0.5) is 21.9 Å². The summed E-state index contributed by atoms with van der Waals surface area (Å²) in [7, 11) is 0. The molecule has 10 heteroatoms. The number of halogens is 1. The predicted octanol–water partition coefficient (Wildman–Crippen LogP) is 2.85. The Labute approximate surface area is 157 Å². The van der Waals surface area contributed by atoms with Crippen molar-refractivity contribution in [2.45, 2.75) is 0 Å². The molecule has 9 nitrogen and oxygen atoms in total. The summed E-state index contributed by atoms with van der Waals surface area (Å²) in [4.78, 5) is 51.7. The van der Waals surface area contributed by atoms with E-state index in [9.17, 15) is 24.5 Å². The number of non-ortho nitro benzene ring substituents is 1. The van der Waals surface area contributed by atoms with Gasteiger partial charge in [0.1, 0.15) is 0 Å². The van der Waals surface area contributed by atoms with Gasteiger partial charge in [-0.1, -0.05) is 17.7 Å². The fourth-order valence-corrected chi connectivity index (χ4v) is 2.53. The van der Waals surface area contributed by atoms with E-state index in [1.54, 1.807) is 0 Å². The molecule has 1 atom stereocenters. The molecule has 27 heavy (non-hydrogen) atoms. The van der Waals surface area contributed by atoms with Gasteiger partial charge >= 0.3 is 6.03 Å². The van der Waals surface area contributed by atoms with Crippen molar-refractivity contribution in [2.75, 3.05) is 4.90 Å². The standard InChI is InChI=1S/C17H11ClN4O5/c18-10-4-6-12(7-5-10)21-16(24)14(15(23)20-17(21)25)9-19-11-2-1-3-13(8-11)22(26)27/h1-9,14H,(H,20,23,25)/t14-/m0/s1. The molecular weight excluding hydrogens is 376 g/mol. The molecule has 2 aromatic carbocycles. The number of hydrogen-bond donors (Lipinski definition) is 1. The number of nitrogens with zero attached hydrogens (tertiary/aromatic N) is 3. The summed E-state index contributed by atoms with van der Waals surface area (Å²) in [5.41, 5.74) is 0.255. The Morgan fingerprint density at radius 1 is 1.15 bits per heavy atom. The van der Waals surface area contributed by atoms with E-state index in [0.29, 0.717) is 5.02 Å². The Hall–Kier alpha value is -3.59. The Balaban J connectivity index is 1.88. The van der Waals surface area contributed by atoms with E-state index in [1.165, 1.54) is 48.5 Å². The van der Waals surface area contributed by atoms with Crippen molar-refractivity contribution in [2.24, 2.45) is 10.9 Å². The maximum atomic E-state index is 12.6. The molecule has 0 aliphatic carbocycles. The first kappa shape index (κ1) is 18.2. The van der Waals surface area contributed by atoms with Crippen LogP contribution in [0.1, 0.15) is 0 Å². The Kier molecular flexibility index (Phi) is 4.95. The zero-order chi connectivity index (χ0) is 19.6. The van der Waals surface area contributed by atoms with Crippen LogP contribution in [0.25, 0.3) is 0 Å². The minimum Gasteiger partial charge on any atom is -0.276 e. The van der Waals surface area contributed by atoms with Gasteiger partial charge in [-0.3, -0.25) is 30.0 Å². The van der Waals surface area contributed by atoms with Gasteiger partial charge in [-0.25, -0.2) is 9.69 Å². The minimum absolute atomic E-state index is 0.179. The number of hydrogen-bond acceptors (Lipinski definition) is 6. The van der Waals surface area contributed by atoms with E-state index in [0.717, 1.165) is 11.1 Å². The van der Waals surface area contributed by atoms with Crippen molar-refractivity contribution in [3.63, 3.8) is 0 Å². The molecule has 1 saturated heterocycles. The van der Waals surface area contributed by atoms with Crippen LogP contribution in [0.3, 0.4) is 0 Å². The lowest BCUT2D eigenvalue weighted by Gasteiger charge is -2.28. The van der Waals surface area contributed by atoms with E-state index < -0.39 is 28.7 Å². The lowest BCUT2D eigenvalue weighted by atomic mass is 10.1. The number of barbiturate groups is 1. The number of benzene rings is 2. The summed E-state index contributed by atoms with van der Waals surface area (Å²) in [6.45, 7) is 0. The molecular formula is C17H11ClN4O5. The molecule has 1 N–H and O–H groups in total. The first-order valence-corrected chi connectivity index (χ1v) is 7.97. The molecule has 1 fully saturated rings. The lowest BCUT2D eigenvalue weighted by molar-refractivity contribution is -0.384. The molecule has 4 amide bonds.